The van der Waals surface area contributed by atoms with E-state index < -0.39 is 6.04 Å². The van der Waals surface area contributed by atoms with Gasteiger partial charge >= 0.3 is 0 Å². The normalized spacial score (nSPS) is 15.8. The van der Waals surface area contributed by atoms with Crippen molar-refractivity contribution in [2.75, 3.05) is 5.73 Å². The summed E-state index contributed by atoms with van der Waals surface area (Å²) in [5, 5.41) is 10.2. The molecule has 8 nitrogen and oxygen atoms in total. The molecule has 0 saturated carbocycles. The number of amides is 1. The Bertz CT molecular complexity index is 856. The molecule has 1 aliphatic rings. The fraction of sp³-hybridized carbons (Fsp3) is 0.250. The molecular formula is C16H18N6O2. The van der Waals surface area contributed by atoms with Crippen molar-refractivity contribution in [2.24, 2.45) is 5.73 Å². The lowest BCUT2D eigenvalue weighted by Gasteiger charge is -2.14. The summed E-state index contributed by atoms with van der Waals surface area (Å²) in [6, 6.07) is 6.46. The highest BCUT2D eigenvalue weighted by atomic mass is 16.2. The Morgan fingerprint density at radius 3 is 2.75 bits per heavy atom. The van der Waals surface area contributed by atoms with Gasteiger partial charge in [0.25, 0.3) is 5.56 Å². The topological polar surface area (TPSA) is 140 Å². The van der Waals surface area contributed by atoms with Gasteiger partial charge in [-0.3, -0.25) is 19.6 Å². The minimum Gasteiger partial charge on any atom is -0.393 e. The summed E-state index contributed by atoms with van der Waals surface area (Å²) in [6.07, 6.45) is 2.44. The average molecular weight is 326 g/mol. The van der Waals surface area contributed by atoms with Gasteiger partial charge in [0.15, 0.2) is 0 Å². The number of aryl methyl sites for hydroxylation is 1. The van der Waals surface area contributed by atoms with Crippen molar-refractivity contribution in [3.63, 3.8) is 0 Å². The molecule has 1 atom stereocenters. The Morgan fingerprint density at radius 1 is 1.38 bits per heavy atom. The highest BCUT2D eigenvalue weighted by Crippen LogP contribution is 2.22. The molecule has 1 aliphatic heterocycles. The van der Waals surface area contributed by atoms with Crippen LogP contribution in [0.15, 0.2) is 35.3 Å². The molecule has 0 radical (unpaired) electrons. The molecule has 1 aromatic carbocycles. The van der Waals surface area contributed by atoms with E-state index in [4.69, 9.17) is 16.9 Å². The molecule has 3 rings (SSSR count). The first-order valence-electron chi connectivity index (χ1n) is 7.54. The van der Waals surface area contributed by atoms with Crippen LogP contribution in [-0.4, -0.2) is 21.3 Å². The van der Waals surface area contributed by atoms with Gasteiger partial charge in [0, 0.05) is 18.5 Å². The molecular weight excluding hydrogens is 308 g/mol. The highest BCUT2D eigenvalue weighted by molar-refractivity contribution is 5.94. The lowest BCUT2D eigenvalue weighted by molar-refractivity contribution is -0.124. The van der Waals surface area contributed by atoms with Gasteiger partial charge in [-0.05, 0) is 12.0 Å². The van der Waals surface area contributed by atoms with Gasteiger partial charge < -0.3 is 16.8 Å². The van der Waals surface area contributed by atoms with Crippen molar-refractivity contribution in [3.05, 3.63) is 57.8 Å². The molecule has 1 amide bonds. The fourth-order valence-corrected chi connectivity index (χ4v) is 2.78. The minimum atomic E-state index is -0.583. The number of anilines is 1. The van der Waals surface area contributed by atoms with Gasteiger partial charge in [-0.2, -0.15) is 0 Å². The molecule has 24 heavy (non-hydrogen) atoms. The maximum absolute atomic E-state index is 12.4. The van der Waals surface area contributed by atoms with E-state index in [1.807, 2.05) is 0 Å². The van der Waals surface area contributed by atoms with Crippen LogP contribution < -0.4 is 22.3 Å². The number of nitrogens with two attached hydrogens (primary N) is 2. The lowest BCUT2D eigenvalue weighted by Crippen LogP contribution is -2.36. The van der Waals surface area contributed by atoms with Crippen molar-refractivity contribution < 1.29 is 4.79 Å². The van der Waals surface area contributed by atoms with E-state index in [-0.39, 0.29) is 23.0 Å². The zero-order chi connectivity index (χ0) is 17.3. The van der Waals surface area contributed by atoms with Crippen LogP contribution in [0.2, 0.25) is 0 Å². The number of nitrogen functional groups attached to an aromatic ring is 2. The van der Waals surface area contributed by atoms with E-state index in [1.54, 1.807) is 24.3 Å². The number of carbonyl (C=O) groups is 1. The Kier molecular flexibility index (Phi) is 4.03. The second-order valence-corrected chi connectivity index (χ2v) is 5.69. The van der Waals surface area contributed by atoms with Crippen LogP contribution in [0.5, 0.6) is 0 Å². The van der Waals surface area contributed by atoms with Crippen LogP contribution in [0.3, 0.4) is 0 Å². The molecule has 2 heterocycles. The number of nitrogens with one attached hydrogen (secondary N) is 2. The second-order valence-electron chi connectivity index (χ2n) is 5.69. The summed E-state index contributed by atoms with van der Waals surface area (Å²) in [5.74, 6) is 0.344. The van der Waals surface area contributed by atoms with Crippen molar-refractivity contribution in [2.45, 2.75) is 25.4 Å². The predicted molar refractivity (Wildman–Crippen MR) is 89.6 cm³/mol. The molecule has 0 spiro atoms. The number of hydrogen-bond acceptors (Lipinski definition) is 5. The van der Waals surface area contributed by atoms with Gasteiger partial charge in [0.05, 0.1) is 6.20 Å². The average Bonchev–Trinajstić information content (AvgIpc) is 3.01. The molecule has 0 aliphatic carbocycles. The molecule has 124 valence electrons. The quantitative estimate of drug-likeness (QED) is 0.459. The summed E-state index contributed by atoms with van der Waals surface area (Å²) < 4.78 is 1.38. The summed E-state index contributed by atoms with van der Waals surface area (Å²) in [6.45, 7) is 0.327. The van der Waals surface area contributed by atoms with Gasteiger partial charge in [-0.25, -0.2) is 4.98 Å². The maximum Gasteiger partial charge on any atom is 0.277 e. The van der Waals surface area contributed by atoms with Crippen LogP contribution in [0.4, 0.5) is 5.69 Å². The van der Waals surface area contributed by atoms with Crippen molar-refractivity contribution in [1.29, 1.82) is 5.41 Å². The first-order valence-corrected chi connectivity index (χ1v) is 7.54. The number of fused-ring (bicyclic) bond motifs is 1. The van der Waals surface area contributed by atoms with Crippen molar-refractivity contribution in [1.82, 2.24) is 14.9 Å². The van der Waals surface area contributed by atoms with E-state index in [1.165, 1.54) is 10.8 Å². The number of amidine groups is 1. The molecule has 0 unspecified atom stereocenters. The molecule has 8 heteroatoms. The molecule has 2 aromatic rings. The number of hydrogen-bond donors (Lipinski definition) is 4. The zero-order valence-electron chi connectivity index (χ0n) is 13.0. The third-order valence-electron chi connectivity index (χ3n) is 4.08. The number of carbonyl (C=O) groups excluding carboxylic acids is 1. The Morgan fingerprint density at radius 2 is 2.08 bits per heavy atom. The van der Waals surface area contributed by atoms with Crippen LogP contribution in [0.1, 0.15) is 29.4 Å². The number of aromatic nitrogens is 2. The standard InChI is InChI=1S/C16H18N6O2/c17-11-8-20-13-6-5-12(22(13)16(11)24)15(23)21-7-9-1-3-10(4-2-9)14(18)19/h1-4,8,12H,5-7,17H2,(H3,18,19)(H,21,23)/t12-/m0/s1. The third-order valence-corrected chi connectivity index (χ3v) is 4.08. The minimum absolute atomic E-state index is 0.00221. The van der Waals surface area contributed by atoms with E-state index in [0.29, 0.717) is 30.8 Å². The largest absolute Gasteiger partial charge is 0.393 e. The Labute approximate surface area is 138 Å². The zero-order valence-corrected chi connectivity index (χ0v) is 13.0. The lowest BCUT2D eigenvalue weighted by atomic mass is 10.1. The summed E-state index contributed by atoms with van der Waals surface area (Å²) in [4.78, 5) is 28.7. The van der Waals surface area contributed by atoms with Gasteiger partial charge in [-0.1, -0.05) is 24.3 Å². The van der Waals surface area contributed by atoms with Gasteiger partial charge in [-0.15, -0.1) is 0 Å². The van der Waals surface area contributed by atoms with Crippen LogP contribution in [0, 0.1) is 5.41 Å². The molecule has 0 saturated heterocycles. The molecule has 6 N–H and O–H groups in total. The highest BCUT2D eigenvalue weighted by Gasteiger charge is 2.30. The SMILES string of the molecule is N=C(N)c1ccc(CNC(=O)[C@@H]2CCc3ncc(N)c(=O)n32)cc1. The van der Waals surface area contributed by atoms with Crippen molar-refractivity contribution >= 4 is 17.4 Å². The van der Waals surface area contributed by atoms with Gasteiger partial charge in [0.2, 0.25) is 5.91 Å². The summed E-state index contributed by atoms with van der Waals surface area (Å²) in [7, 11) is 0. The Hall–Kier alpha value is -3.16. The first kappa shape index (κ1) is 15.7. The smallest absolute Gasteiger partial charge is 0.277 e. The molecule has 0 fully saturated rings. The third kappa shape index (κ3) is 2.85. The summed E-state index contributed by atoms with van der Waals surface area (Å²) >= 11 is 0. The van der Waals surface area contributed by atoms with Crippen LogP contribution >= 0.6 is 0 Å². The van der Waals surface area contributed by atoms with Crippen molar-refractivity contribution in [3.8, 4) is 0 Å². The number of benzene rings is 1. The van der Waals surface area contributed by atoms with Gasteiger partial charge in [0.1, 0.15) is 23.4 Å². The van der Waals surface area contributed by atoms with E-state index in [9.17, 15) is 9.59 Å². The number of nitrogens with zero attached hydrogens (tertiary/aromatic N) is 2. The second kappa shape index (κ2) is 6.15. The predicted octanol–water partition coefficient (Wildman–Crippen LogP) is -0.0867. The summed E-state index contributed by atoms with van der Waals surface area (Å²) in [5.41, 5.74) is 12.2. The number of rotatable bonds is 4. The Balaban J connectivity index is 1.70. The molecule has 1 aromatic heterocycles. The monoisotopic (exact) mass is 326 g/mol. The van der Waals surface area contributed by atoms with E-state index in [0.717, 1.165) is 5.56 Å². The van der Waals surface area contributed by atoms with E-state index in [2.05, 4.69) is 10.3 Å². The maximum atomic E-state index is 12.4. The van der Waals surface area contributed by atoms with Crippen LogP contribution in [0.25, 0.3) is 0 Å². The first-order chi connectivity index (χ1) is 11.5. The fourth-order valence-electron chi connectivity index (χ4n) is 2.78. The molecule has 0 bridgehead atoms. The van der Waals surface area contributed by atoms with E-state index >= 15 is 0 Å². The van der Waals surface area contributed by atoms with Crippen LogP contribution in [-0.2, 0) is 17.8 Å².